The Bertz CT molecular complexity index is 1090. The maximum Gasteiger partial charge on any atom is 0.233 e. The maximum atomic E-state index is 13.1. The molecular weight excluding hydrogens is 410 g/mol. The van der Waals surface area contributed by atoms with Crippen LogP contribution in [0.1, 0.15) is 17.2 Å². The largest absolute Gasteiger partial charge is 0.508 e. The van der Waals surface area contributed by atoms with Gasteiger partial charge in [0.15, 0.2) is 0 Å². The van der Waals surface area contributed by atoms with Crippen LogP contribution in [0.4, 0.5) is 0 Å². The van der Waals surface area contributed by atoms with Crippen LogP contribution in [0.25, 0.3) is 5.69 Å². The molecule has 0 bridgehead atoms. The molecule has 1 heterocycles. The van der Waals surface area contributed by atoms with E-state index in [2.05, 4.69) is 15.5 Å². The first-order valence-electron chi connectivity index (χ1n) is 9.69. The summed E-state index contributed by atoms with van der Waals surface area (Å²) in [6.07, 6.45) is 0. The number of nitrogens with zero attached hydrogens (tertiary/aromatic N) is 5. The number of amides is 1. The van der Waals surface area contributed by atoms with Crippen molar-refractivity contribution in [3.05, 3.63) is 96.1 Å². The zero-order valence-corrected chi connectivity index (χ0v) is 17.7. The number of benzene rings is 3. The van der Waals surface area contributed by atoms with Crippen molar-refractivity contribution in [3.8, 4) is 11.4 Å². The molecule has 0 fully saturated rings. The van der Waals surface area contributed by atoms with Crippen LogP contribution in [0, 0.1) is 0 Å². The summed E-state index contributed by atoms with van der Waals surface area (Å²) in [6.45, 7) is 0. The third kappa shape index (κ3) is 4.75. The Morgan fingerprint density at radius 1 is 0.968 bits per heavy atom. The van der Waals surface area contributed by atoms with Crippen molar-refractivity contribution in [1.29, 1.82) is 0 Å². The summed E-state index contributed by atoms with van der Waals surface area (Å²) in [5.41, 5.74) is 2.80. The fourth-order valence-electron chi connectivity index (χ4n) is 3.31. The highest BCUT2D eigenvalue weighted by atomic mass is 32.2. The minimum atomic E-state index is -0.191. The molecule has 0 unspecified atom stereocenters. The molecule has 0 aliphatic carbocycles. The van der Waals surface area contributed by atoms with E-state index in [-0.39, 0.29) is 23.5 Å². The fraction of sp³-hybridized carbons (Fsp3) is 0.130. The van der Waals surface area contributed by atoms with E-state index < -0.39 is 0 Å². The van der Waals surface area contributed by atoms with Gasteiger partial charge in [0.2, 0.25) is 11.1 Å². The van der Waals surface area contributed by atoms with E-state index in [0.29, 0.717) is 10.8 Å². The van der Waals surface area contributed by atoms with E-state index >= 15 is 0 Å². The minimum Gasteiger partial charge on any atom is -0.508 e. The van der Waals surface area contributed by atoms with Crippen LogP contribution in [0.3, 0.4) is 0 Å². The van der Waals surface area contributed by atoms with Gasteiger partial charge in [-0.15, -0.1) is 5.10 Å². The molecule has 0 aliphatic heterocycles. The average Bonchev–Trinajstić information content (AvgIpc) is 3.28. The van der Waals surface area contributed by atoms with Gasteiger partial charge < -0.3 is 10.0 Å². The van der Waals surface area contributed by atoms with Gasteiger partial charge in [0, 0.05) is 7.05 Å². The summed E-state index contributed by atoms with van der Waals surface area (Å²) < 4.78 is 1.54. The summed E-state index contributed by atoms with van der Waals surface area (Å²) >= 11 is 1.27. The van der Waals surface area contributed by atoms with Crippen LogP contribution in [-0.4, -0.2) is 48.9 Å². The van der Waals surface area contributed by atoms with Crippen molar-refractivity contribution in [2.45, 2.75) is 11.2 Å². The highest BCUT2D eigenvalue weighted by molar-refractivity contribution is 7.99. The van der Waals surface area contributed by atoms with Crippen LogP contribution < -0.4 is 0 Å². The summed E-state index contributed by atoms with van der Waals surface area (Å²) in [7, 11) is 1.82. The normalized spacial score (nSPS) is 10.9. The molecule has 0 spiro atoms. The van der Waals surface area contributed by atoms with Crippen molar-refractivity contribution in [3.63, 3.8) is 0 Å². The molecule has 1 aromatic heterocycles. The molecule has 31 heavy (non-hydrogen) atoms. The smallest absolute Gasteiger partial charge is 0.233 e. The number of aromatic hydroxyl groups is 1. The van der Waals surface area contributed by atoms with E-state index in [9.17, 15) is 9.90 Å². The van der Waals surface area contributed by atoms with Crippen molar-refractivity contribution < 1.29 is 9.90 Å². The molecule has 0 aliphatic rings. The highest BCUT2D eigenvalue weighted by Gasteiger charge is 2.24. The average molecular weight is 432 g/mol. The van der Waals surface area contributed by atoms with Crippen LogP contribution in [-0.2, 0) is 4.79 Å². The Balaban J connectivity index is 1.52. The van der Waals surface area contributed by atoms with E-state index in [1.807, 2.05) is 67.7 Å². The topological polar surface area (TPSA) is 84.1 Å². The molecule has 1 N–H and O–H groups in total. The van der Waals surface area contributed by atoms with Crippen molar-refractivity contribution in [2.75, 3.05) is 12.8 Å². The molecule has 4 rings (SSSR count). The minimum absolute atomic E-state index is 0.0389. The Kier molecular flexibility index (Phi) is 6.28. The second kappa shape index (κ2) is 9.44. The summed E-state index contributed by atoms with van der Waals surface area (Å²) in [5, 5.41) is 21.8. The van der Waals surface area contributed by atoms with E-state index in [1.165, 1.54) is 11.8 Å². The fourth-order valence-corrected chi connectivity index (χ4v) is 4.12. The lowest BCUT2D eigenvalue weighted by Crippen LogP contribution is -2.33. The van der Waals surface area contributed by atoms with Crippen LogP contribution in [0.2, 0.25) is 0 Å². The number of tetrazole rings is 1. The van der Waals surface area contributed by atoms with Gasteiger partial charge in [-0.25, -0.2) is 0 Å². The number of carbonyl (C=O) groups is 1. The molecule has 0 saturated heterocycles. The van der Waals surface area contributed by atoms with E-state index in [4.69, 9.17) is 0 Å². The summed E-state index contributed by atoms with van der Waals surface area (Å²) in [4.78, 5) is 14.9. The zero-order chi connectivity index (χ0) is 21.6. The van der Waals surface area contributed by atoms with Crippen molar-refractivity contribution in [2.24, 2.45) is 0 Å². The van der Waals surface area contributed by atoms with Gasteiger partial charge in [0.1, 0.15) is 5.75 Å². The molecular formula is C23H21N5O2S. The number of aromatic nitrogens is 4. The van der Waals surface area contributed by atoms with Crippen LogP contribution >= 0.6 is 11.8 Å². The second-order valence-electron chi connectivity index (χ2n) is 6.91. The number of hydrogen-bond acceptors (Lipinski definition) is 6. The van der Waals surface area contributed by atoms with Gasteiger partial charge in [-0.05, 0) is 45.8 Å². The van der Waals surface area contributed by atoms with Gasteiger partial charge in [-0.2, -0.15) is 4.68 Å². The third-order valence-electron chi connectivity index (χ3n) is 4.87. The molecule has 4 aromatic rings. The molecule has 0 atom stereocenters. The number of rotatable bonds is 7. The first kappa shape index (κ1) is 20.6. The number of carbonyl (C=O) groups excluding carboxylic acids is 1. The van der Waals surface area contributed by atoms with Crippen LogP contribution in [0.15, 0.2) is 90.1 Å². The molecule has 0 radical (unpaired) electrons. The maximum absolute atomic E-state index is 13.1. The van der Waals surface area contributed by atoms with Crippen LogP contribution in [0.5, 0.6) is 5.75 Å². The van der Waals surface area contributed by atoms with Crippen molar-refractivity contribution in [1.82, 2.24) is 25.1 Å². The standard InChI is InChI=1S/C23H21N5O2S/c1-27(22(17-8-4-2-5-9-17)18-10-6-3-7-11-18)21(30)16-31-23-24-25-26-28(23)19-12-14-20(29)15-13-19/h2-15,22,29H,16H2,1H3. The Morgan fingerprint density at radius 2 is 1.55 bits per heavy atom. The van der Waals surface area contributed by atoms with Gasteiger partial charge in [0.25, 0.3) is 0 Å². The molecule has 0 saturated carbocycles. The monoisotopic (exact) mass is 431 g/mol. The second-order valence-corrected chi connectivity index (χ2v) is 7.85. The predicted molar refractivity (Wildman–Crippen MR) is 119 cm³/mol. The predicted octanol–water partition coefficient (Wildman–Crippen LogP) is 3.71. The highest BCUT2D eigenvalue weighted by Crippen LogP contribution is 2.29. The van der Waals surface area contributed by atoms with E-state index in [0.717, 1.165) is 11.1 Å². The Morgan fingerprint density at radius 3 is 2.13 bits per heavy atom. The molecule has 8 heteroatoms. The Hall–Kier alpha value is -3.65. The summed E-state index contributed by atoms with van der Waals surface area (Å²) in [6, 6.07) is 26.3. The first-order chi connectivity index (χ1) is 15.1. The first-order valence-corrected chi connectivity index (χ1v) is 10.7. The zero-order valence-electron chi connectivity index (χ0n) is 16.9. The Labute approximate surface area is 184 Å². The lowest BCUT2D eigenvalue weighted by Gasteiger charge is -2.29. The number of thioether (sulfide) groups is 1. The van der Waals surface area contributed by atoms with Gasteiger partial charge >= 0.3 is 0 Å². The third-order valence-corrected chi connectivity index (χ3v) is 5.78. The molecule has 156 valence electrons. The number of hydrogen-bond donors (Lipinski definition) is 1. The van der Waals surface area contributed by atoms with Gasteiger partial charge in [0.05, 0.1) is 17.5 Å². The number of phenols is 1. The summed E-state index contributed by atoms with van der Waals surface area (Å²) in [5.74, 6) is 0.309. The quantitative estimate of drug-likeness (QED) is 0.449. The number of phenolic OH excluding ortho intramolecular Hbond substituents is 1. The van der Waals surface area contributed by atoms with Gasteiger partial charge in [-0.3, -0.25) is 4.79 Å². The lowest BCUT2D eigenvalue weighted by atomic mass is 9.97. The SMILES string of the molecule is CN(C(=O)CSc1nnnn1-c1ccc(O)cc1)C(c1ccccc1)c1ccccc1. The lowest BCUT2D eigenvalue weighted by molar-refractivity contribution is -0.128. The van der Waals surface area contributed by atoms with Gasteiger partial charge in [-0.1, -0.05) is 72.4 Å². The van der Waals surface area contributed by atoms with Crippen molar-refractivity contribution >= 4 is 17.7 Å². The molecule has 3 aromatic carbocycles. The molecule has 1 amide bonds. The molecule has 7 nitrogen and oxygen atoms in total. The van der Waals surface area contributed by atoms with E-state index in [1.54, 1.807) is 33.8 Å².